The van der Waals surface area contributed by atoms with Crippen molar-refractivity contribution >= 4 is 45.2 Å². The van der Waals surface area contributed by atoms with E-state index >= 15 is 0 Å². The molecule has 1 amide bonds. The highest BCUT2D eigenvalue weighted by Crippen LogP contribution is 2.40. The average molecular weight is 683 g/mol. The molecule has 0 spiro atoms. The van der Waals surface area contributed by atoms with Crippen molar-refractivity contribution in [2.24, 2.45) is 0 Å². The zero-order valence-electron chi connectivity index (χ0n) is 26.4. The number of nitrogens with zero attached hydrogens (tertiary/aromatic N) is 1. The van der Waals surface area contributed by atoms with Crippen LogP contribution in [0.1, 0.15) is 66.8 Å². The summed E-state index contributed by atoms with van der Waals surface area (Å²) in [5.41, 5.74) is 6.91. The molecule has 0 unspecified atom stereocenters. The maximum atomic E-state index is 12.2. The first-order valence-corrected chi connectivity index (χ1v) is 17.9. The molecule has 0 radical (unpaired) electrons. The van der Waals surface area contributed by atoms with Crippen molar-refractivity contribution in [3.05, 3.63) is 119 Å². The minimum atomic E-state index is -0.840. The number of carboxylic acids is 1. The van der Waals surface area contributed by atoms with Crippen molar-refractivity contribution in [1.29, 1.82) is 0 Å². The molecule has 48 heavy (non-hydrogen) atoms. The number of rotatable bonds is 14. The molecule has 0 saturated carbocycles. The molecule has 4 aromatic carbocycles. The smallest absolute Gasteiger partial charge is 0.303 e. The summed E-state index contributed by atoms with van der Waals surface area (Å²) < 4.78 is 15.3. The van der Waals surface area contributed by atoms with E-state index in [9.17, 15) is 14.7 Å². The van der Waals surface area contributed by atoms with Crippen molar-refractivity contribution < 1.29 is 29.3 Å². The Labute approximate surface area is 288 Å². The first kappa shape index (κ1) is 33.8. The highest BCUT2D eigenvalue weighted by molar-refractivity contribution is 8.01. The van der Waals surface area contributed by atoms with E-state index in [0.717, 1.165) is 49.0 Å². The quantitative estimate of drug-likeness (QED) is 0.0796. The Morgan fingerprint density at radius 2 is 1.62 bits per heavy atom. The Bertz CT molecular complexity index is 1790. The maximum Gasteiger partial charge on any atom is 0.303 e. The second kappa shape index (κ2) is 16.4. The molecule has 6 rings (SSSR count). The summed E-state index contributed by atoms with van der Waals surface area (Å²) in [6, 6.07) is 32.4. The lowest BCUT2D eigenvalue weighted by atomic mass is 9.99. The number of hydrogen-bond acceptors (Lipinski definition) is 8. The second-order valence-electron chi connectivity index (χ2n) is 11.8. The Hall–Kier alpha value is -4.06. The van der Waals surface area contributed by atoms with E-state index in [2.05, 4.69) is 29.6 Å². The van der Waals surface area contributed by atoms with Crippen molar-refractivity contribution in [2.75, 3.05) is 5.75 Å². The van der Waals surface area contributed by atoms with Crippen LogP contribution in [0.2, 0.25) is 0 Å². The van der Waals surface area contributed by atoms with E-state index in [1.165, 1.54) is 4.70 Å². The van der Waals surface area contributed by atoms with Crippen LogP contribution in [0, 0.1) is 0 Å². The van der Waals surface area contributed by atoms with Gasteiger partial charge in [0.1, 0.15) is 0 Å². The molecule has 5 aromatic rings. The molecule has 0 aliphatic carbocycles. The van der Waals surface area contributed by atoms with Gasteiger partial charge in [-0.15, -0.1) is 11.3 Å². The lowest BCUT2D eigenvalue weighted by molar-refractivity contribution is -0.245. The van der Waals surface area contributed by atoms with Gasteiger partial charge >= 0.3 is 5.97 Å². The number of fused-ring (bicyclic) bond motifs is 1. The van der Waals surface area contributed by atoms with Gasteiger partial charge in [0.15, 0.2) is 10.6 Å². The maximum absolute atomic E-state index is 12.2. The molecule has 1 aliphatic rings. The number of carbonyl (C=O) groups excluding carboxylic acids is 1. The summed E-state index contributed by atoms with van der Waals surface area (Å²) >= 11 is 3.41. The van der Waals surface area contributed by atoms with Crippen LogP contribution in [0.15, 0.2) is 101 Å². The minimum absolute atomic E-state index is 0.000945. The SMILES string of the molecule is O=C(O)CCCCC(=O)NCc1cccc(-c2ccc([C@@H]3O[C@H](CSc4nc5ccccc5s4)C[C@H](c4ccc(CO)cc4)O3)cc2)c1. The van der Waals surface area contributed by atoms with Crippen LogP contribution < -0.4 is 5.32 Å². The van der Waals surface area contributed by atoms with Crippen molar-refractivity contribution in [3.8, 4) is 11.1 Å². The van der Waals surface area contributed by atoms with Gasteiger partial charge in [-0.05, 0) is 58.9 Å². The fourth-order valence-corrected chi connectivity index (χ4v) is 7.76. The normalized spacial score (nSPS) is 17.7. The van der Waals surface area contributed by atoms with Gasteiger partial charge in [-0.1, -0.05) is 90.6 Å². The van der Waals surface area contributed by atoms with Gasteiger partial charge < -0.3 is 25.0 Å². The van der Waals surface area contributed by atoms with E-state index in [0.29, 0.717) is 32.2 Å². The number of carbonyl (C=O) groups is 2. The first-order valence-electron chi connectivity index (χ1n) is 16.1. The van der Waals surface area contributed by atoms with E-state index < -0.39 is 12.3 Å². The highest BCUT2D eigenvalue weighted by Gasteiger charge is 2.32. The van der Waals surface area contributed by atoms with Crippen molar-refractivity contribution in [3.63, 3.8) is 0 Å². The van der Waals surface area contributed by atoms with Gasteiger partial charge in [-0.2, -0.15) is 0 Å². The number of ether oxygens (including phenoxy) is 2. The summed E-state index contributed by atoms with van der Waals surface area (Å²) in [6.07, 6.45) is 1.37. The molecule has 10 heteroatoms. The van der Waals surface area contributed by atoms with Gasteiger partial charge in [0.2, 0.25) is 5.91 Å². The third-order valence-corrected chi connectivity index (χ3v) is 10.6. The highest BCUT2D eigenvalue weighted by atomic mass is 32.2. The number of para-hydroxylation sites is 1. The summed E-state index contributed by atoms with van der Waals surface area (Å²) in [5, 5.41) is 21.2. The van der Waals surface area contributed by atoms with E-state index in [1.54, 1.807) is 23.1 Å². The molecule has 1 fully saturated rings. The van der Waals surface area contributed by atoms with Crippen LogP contribution in [-0.4, -0.2) is 38.9 Å². The third kappa shape index (κ3) is 9.09. The number of aliphatic hydroxyl groups excluding tert-OH is 1. The molecular weight excluding hydrogens is 645 g/mol. The second-order valence-corrected chi connectivity index (χ2v) is 14.1. The fourth-order valence-electron chi connectivity index (χ4n) is 5.64. The number of amides is 1. The monoisotopic (exact) mass is 682 g/mol. The molecule has 248 valence electrons. The lowest BCUT2D eigenvalue weighted by Crippen LogP contribution is -2.31. The zero-order chi connectivity index (χ0) is 33.3. The Morgan fingerprint density at radius 3 is 2.40 bits per heavy atom. The van der Waals surface area contributed by atoms with Gasteiger partial charge in [-0.3, -0.25) is 9.59 Å². The molecule has 2 heterocycles. The van der Waals surface area contributed by atoms with Crippen LogP contribution >= 0.6 is 23.1 Å². The molecular formula is C38H38N2O6S2. The van der Waals surface area contributed by atoms with E-state index in [-0.39, 0.29) is 31.1 Å². The van der Waals surface area contributed by atoms with Crippen LogP contribution in [0.5, 0.6) is 0 Å². The summed E-state index contributed by atoms with van der Waals surface area (Å²) in [7, 11) is 0. The summed E-state index contributed by atoms with van der Waals surface area (Å²) in [6.45, 7) is 0.406. The Morgan fingerprint density at radius 1 is 0.854 bits per heavy atom. The van der Waals surface area contributed by atoms with Crippen LogP contribution in [0.25, 0.3) is 21.3 Å². The average Bonchev–Trinajstić information content (AvgIpc) is 3.55. The number of carboxylic acid groups (broad SMARTS) is 1. The number of thiazole rings is 1. The molecule has 1 saturated heterocycles. The van der Waals surface area contributed by atoms with E-state index in [1.807, 2.05) is 72.8 Å². The lowest BCUT2D eigenvalue weighted by Gasteiger charge is -2.36. The Balaban J connectivity index is 1.12. The molecule has 8 nitrogen and oxygen atoms in total. The number of benzene rings is 4. The summed E-state index contributed by atoms with van der Waals surface area (Å²) in [4.78, 5) is 27.7. The fraction of sp³-hybridized carbons (Fsp3) is 0.289. The van der Waals surface area contributed by atoms with Gasteiger partial charge in [-0.25, -0.2) is 4.98 Å². The number of nitrogens with one attached hydrogen (secondary N) is 1. The van der Waals surface area contributed by atoms with Crippen LogP contribution in [-0.2, 0) is 32.2 Å². The third-order valence-electron chi connectivity index (χ3n) is 8.26. The van der Waals surface area contributed by atoms with Gasteiger partial charge in [0, 0.05) is 37.1 Å². The Kier molecular flexibility index (Phi) is 11.5. The number of hydrogen-bond donors (Lipinski definition) is 3. The van der Waals surface area contributed by atoms with E-state index in [4.69, 9.17) is 19.6 Å². The minimum Gasteiger partial charge on any atom is -0.481 e. The molecule has 0 bridgehead atoms. The number of aliphatic hydroxyl groups is 1. The molecule has 3 atom stereocenters. The summed E-state index contributed by atoms with van der Waals surface area (Å²) in [5.74, 6) is -0.176. The van der Waals surface area contributed by atoms with Gasteiger partial charge in [0.05, 0.1) is 29.0 Å². The number of aromatic nitrogens is 1. The number of unbranched alkanes of at least 4 members (excludes halogenated alkanes) is 1. The number of aliphatic carboxylic acids is 1. The number of thioether (sulfide) groups is 1. The molecule has 1 aromatic heterocycles. The predicted octanol–water partition coefficient (Wildman–Crippen LogP) is 8.05. The van der Waals surface area contributed by atoms with Crippen molar-refractivity contribution in [2.45, 2.75) is 68.1 Å². The van der Waals surface area contributed by atoms with Gasteiger partial charge in [0.25, 0.3) is 0 Å². The predicted molar refractivity (Wildman–Crippen MR) is 189 cm³/mol. The van der Waals surface area contributed by atoms with Crippen molar-refractivity contribution in [1.82, 2.24) is 10.3 Å². The molecule has 3 N–H and O–H groups in total. The molecule has 1 aliphatic heterocycles. The van der Waals surface area contributed by atoms with Crippen LogP contribution in [0.4, 0.5) is 0 Å². The zero-order valence-corrected chi connectivity index (χ0v) is 28.1. The topological polar surface area (TPSA) is 118 Å². The first-order chi connectivity index (χ1) is 23.4. The largest absolute Gasteiger partial charge is 0.481 e. The standard InChI is InChI=1S/C38H38N2O6S2/c41-23-25-12-14-28(15-13-25)33-21-31(24-47-38-40-32-8-1-2-9-34(32)48-38)45-37(46-33)29-18-16-27(17-19-29)30-7-5-6-26(20-30)22-39-35(42)10-3-4-11-36(43)44/h1-2,5-9,12-20,31,33,37,41H,3-4,10-11,21-24H2,(H,39,42)(H,43,44)/t31-,33+,37+/m0/s1. The van der Waals surface area contributed by atoms with Crippen LogP contribution in [0.3, 0.4) is 0 Å².